The van der Waals surface area contributed by atoms with Crippen LogP contribution in [0.1, 0.15) is 24.5 Å². The van der Waals surface area contributed by atoms with Gasteiger partial charge in [-0.25, -0.2) is 12.8 Å². The summed E-state index contributed by atoms with van der Waals surface area (Å²) >= 11 is 11.4. The number of benzene rings is 3. The lowest BCUT2D eigenvalue weighted by molar-refractivity contribution is 0.560. The first kappa shape index (κ1) is 23.5. The summed E-state index contributed by atoms with van der Waals surface area (Å²) in [7, 11) is -3.82. The Morgan fingerprint density at radius 2 is 1.82 bits per heavy atom. The average Bonchev–Trinajstić information content (AvgIpc) is 2.76. The highest BCUT2D eigenvalue weighted by Crippen LogP contribution is 2.36. The molecule has 2 N–H and O–H groups in total. The van der Waals surface area contributed by atoms with Crippen molar-refractivity contribution in [3.63, 3.8) is 0 Å². The molecule has 4 rings (SSSR count). The van der Waals surface area contributed by atoms with E-state index in [0.29, 0.717) is 39.9 Å². The Bertz CT molecular complexity index is 1310. The SMILES string of the molecule is Cc1ccc(Cl)cc1NC(=S)Nc1ccc(S(=O)(=O)N2c3ccc(F)cc3CCC2C)cc1. The van der Waals surface area contributed by atoms with Gasteiger partial charge < -0.3 is 10.6 Å². The molecule has 3 aromatic rings. The third-order valence-corrected chi connectivity index (χ3v) is 8.01. The molecule has 0 aromatic heterocycles. The molecule has 0 saturated heterocycles. The first-order chi connectivity index (χ1) is 15.6. The maximum atomic E-state index is 13.7. The van der Waals surface area contributed by atoms with Gasteiger partial charge in [-0.1, -0.05) is 17.7 Å². The summed E-state index contributed by atoms with van der Waals surface area (Å²) in [5.41, 5.74) is 3.64. The maximum Gasteiger partial charge on any atom is 0.264 e. The fraction of sp³-hybridized carbons (Fsp3) is 0.208. The molecule has 0 bridgehead atoms. The second kappa shape index (κ2) is 9.29. The van der Waals surface area contributed by atoms with Crippen LogP contribution in [0.4, 0.5) is 21.5 Å². The van der Waals surface area contributed by atoms with E-state index >= 15 is 0 Å². The van der Waals surface area contributed by atoms with Crippen molar-refractivity contribution in [3.05, 3.63) is 82.6 Å². The number of thiocarbonyl (C=S) groups is 1. The molecule has 3 aromatic carbocycles. The molecule has 1 aliphatic rings. The van der Waals surface area contributed by atoms with E-state index in [4.69, 9.17) is 23.8 Å². The molecule has 0 radical (unpaired) electrons. The summed E-state index contributed by atoms with van der Waals surface area (Å²) in [6.45, 7) is 3.80. The van der Waals surface area contributed by atoms with E-state index in [0.717, 1.165) is 11.3 Å². The number of fused-ring (bicyclic) bond motifs is 1. The molecule has 5 nitrogen and oxygen atoms in total. The van der Waals surface area contributed by atoms with E-state index in [1.807, 2.05) is 19.9 Å². The van der Waals surface area contributed by atoms with Crippen molar-refractivity contribution in [2.75, 3.05) is 14.9 Å². The van der Waals surface area contributed by atoms with Crippen molar-refractivity contribution in [3.8, 4) is 0 Å². The Hall–Kier alpha value is -2.68. The summed E-state index contributed by atoms with van der Waals surface area (Å²) in [6.07, 6.45) is 1.26. The van der Waals surface area contributed by atoms with Gasteiger partial charge in [0.2, 0.25) is 0 Å². The Kier molecular flexibility index (Phi) is 6.61. The molecule has 0 spiro atoms. The van der Waals surface area contributed by atoms with Crippen molar-refractivity contribution < 1.29 is 12.8 Å². The first-order valence-electron chi connectivity index (χ1n) is 10.4. The van der Waals surface area contributed by atoms with Crippen molar-refractivity contribution in [1.82, 2.24) is 0 Å². The molecular formula is C24H23ClFN3O2S2. The number of rotatable bonds is 4. The molecule has 172 valence electrons. The third kappa shape index (κ3) is 4.98. The van der Waals surface area contributed by atoms with Crippen molar-refractivity contribution in [2.24, 2.45) is 0 Å². The van der Waals surface area contributed by atoms with Crippen LogP contribution in [0.15, 0.2) is 65.6 Å². The van der Waals surface area contributed by atoms with Crippen LogP contribution in [0.3, 0.4) is 0 Å². The van der Waals surface area contributed by atoms with Crippen molar-refractivity contribution >= 4 is 56.0 Å². The lowest BCUT2D eigenvalue weighted by Gasteiger charge is -2.36. The Morgan fingerprint density at radius 1 is 1.09 bits per heavy atom. The van der Waals surface area contributed by atoms with Gasteiger partial charge in [0.1, 0.15) is 5.82 Å². The van der Waals surface area contributed by atoms with Crippen molar-refractivity contribution in [2.45, 2.75) is 37.6 Å². The fourth-order valence-electron chi connectivity index (χ4n) is 3.89. The highest BCUT2D eigenvalue weighted by Gasteiger charge is 2.34. The standard InChI is InChI=1S/C24H23ClFN3O2S2/c1-15-3-6-18(25)14-22(15)28-24(32)27-20-8-10-21(11-9-20)33(30,31)29-16(2)4-5-17-13-19(26)7-12-23(17)29/h3,6-14,16H,4-5H2,1-2H3,(H2,27,28,32). The van der Waals surface area contributed by atoms with E-state index < -0.39 is 10.0 Å². The van der Waals surface area contributed by atoms with Gasteiger partial charge in [-0.15, -0.1) is 0 Å². The Labute approximate surface area is 203 Å². The maximum absolute atomic E-state index is 13.7. The predicted molar refractivity (Wildman–Crippen MR) is 136 cm³/mol. The van der Waals surface area contributed by atoms with Gasteiger partial charge in [-0.05, 0) is 105 Å². The zero-order chi connectivity index (χ0) is 23.8. The number of sulfonamides is 1. The van der Waals surface area contributed by atoms with E-state index in [2.05, 4.69) is 10.6 Å². The average molecular weight is 504 g/mol. The van der Waals surface area contributed by atoms with Crippen molar-refractivity contribution in [1.29, 1.82) is 0 Å². The first-order valence-corrected chi connectivity index (χ1v) is 12.6. The van der Waals surface area contributed by atoms with Crippen LogP contribution < -0.4 is 14.9 Å². The number of nitrogens with zero attached hydrogens (tertiary/aromatic N) is 1. The fourth-order valence-corrected chi connectivity index (χ4v) is 6.02. The summed E-state index contributed by atoms with van der Waals surface area (Å²) in [5, 5.41) is 7.10. The Morgan fingerprint density at radius 3 is 2.55 bits per heavy atom. The largest absolute Gasteiger partial charge is 0.332 e. The molecule has 0 fully saturated rings. The van der Waals surface area contributed by atoms with Gasteiger partial charge in [0.05, 0.1) is 10.6 Å². The molecular weight excluding hydrogens is 481 g/mol. The number of hydrogen-bond donors (Lipinski definition) is 2. The summed E-state index contributed by atoms with van der Waals surface area (Å²) in [6, 6.07) is 15.9. The number of aryl methyl sites for hydroxylation is 2. The number of halogens is 2. The van der Waals surface area contributed by atoms with Crippen LogP contribution in [-0.2, 0) is 16.4 Å². The molecule has 0 aliphatic carbocycles. The molecule has 1 unspecified atom stereocenters. The molecule has 1 aliphatic heterocycles. The lowest BCUT2D eigenvalue weighted by atomic mass is 9.99. The van der Waals surface area contributed by atoms with Crippen LogP contribution in [-0.4, -0.2) is 19.6 Å². The molecule has 1 atom stereocenters. The van der Waals surface area contributed by atoms with Crippen LogP contribution in [0.5, 0.6) is 0 Å². The van der Waals surface area contributed by atoms with Gasteiger partial charge in [-0.3, -0.25) is 4.31 Å². The topological polar surface area (TPSA) is 61.4 Å². The minimum Gasteiger partial charge on any atom is -0.332 e. The van der Waals surface area contributed by atoms with E-state index in [1.165, 1.54) is 34.6 Å². The van der Waals surface area contributed by atoms with Gasteiger partial charge in [0, 0.05) is 22.4 Å². The quantitative estimate of drug-likeness (QED) is 0.419. The van der Waals surface area contributed by atoms with Gasteiger partial charge >= 0.3 is 0 Å². The monoisotopic (exact) mass is 503 g/mol. The van der Waals surface area contributed by atoms with Gasteiger partial charge in [0.25, 0.3) is 10.0 Å². The highest BCUT2D eigenvalue weighted by atomic mass is 35.5. The summed E-state index contributed by atoms with van der Waals surface area (Å²) in [5.74, 6) is -0.367. The van der Waals surface area contributed by atoms with E-state index in [9.17, 15) is 12.8 Å². The predicted octanol–water partition coefficient (Wildman–Crippen LogP) is 6.13. The van der Waals surface area contributed by atoms with Crippen LogP contribution >= 0.6 is 23.8 Å². The minimum absolute atomic E-state index is 0.154. The molecule has 0 amide bonds. The zero-order valence-electron chi connectivity index (χ0n) is 18.1. The normalized spacial score (nSPS) is 15.6. The van der Waals surface area contributed by atoms with E-state index in [-0.39, 0.29) is 16.8 Å². The second-order valence-electron chi connectivity index (χ2n) is 8.02. The molecule has 33 heavy (non-hydrogen) atoms. The summed E-state index contributed by atoms with van der Waals surface area (Å²) in [4.78, 5) is 0.154. The van der Waals surface area contributed by atoms with Crippen LogP contribution in [0.25, 0.3) is 0 Å². The minimum atomic E-state index is -3.82. The third-order valence-electron chi connectivity index (χ3n) is 5.63. The van der Waals surface area contributed by atoms with Crippen LogP contribution in [0.2, 0.25) is 5.02 Å². The molecule has 1 heterocycles. The smallest absolute Gasteiger partial charge is 0.264 e. The summed E-state index contributed by atoms with van der Waals surface area (Å²) < 4.78 is 42.0. The lowest BCUT2D eigenvalue weighted by Crippen LogP contribution is -2.42. The molecule has 9 heteroatoms. The number of hydrogen-bond acceptors (Lipinski definition) is 3. The highest BCUT2D eigenvalue weighted by molar-refractivity contribution is 7.92. The van der Waals surface area contributed by atoms with E-state index in [1.54, 1.807) is 24.3 Å². The molecule has 0 saturated carbocycles. The van der Waals surface area contributed by atoms with Gasteiger partial charge in [-0.2, -0.15) is 0 Å². The number of anilines is 3. The zero-order valence-corrected chi connectivity index (χ0v) is 20.5. The van der Waals surface area contributed by atoms with Crippen LogP contribution in [0, 0.1) is 12.7 Å². The number of nitrogens with one attached hydrogen (secondary N) is 2. The second-order valence-corrected chi connectivity index (χ2v) is 10.7. The van der Waals surface area contributed by atoms with Gasteiger partial charge in [0.15, 0.2) is 5.11 Å². The Balaban J connectivity index is 1.53.